The predicted molar refractivity (Wildman–Crippen MR) is 80.5 cm³/mol. The summed E-state index contributed by atoms with van der Waals surface area (Å²) in [6.45, 7) is 0.719. The molecule has 0 spiro atoms. The molecule has 0 heterocycles. The summed E-state index contributed by atoms with van der Waals surface area (Å²) in [5.74, 6) is -0.409. The van der Waals surface area contributed by atoms with Crippen molar-refractivity contribution >= 4 is 23.4 Å². The van der Waals surface area contributed by atoms with E-state index in [0.717, 1.165) is 12.2 Å². The van der Waals surface area contributed by atoms with Crippen molar-refractivity contribution in [3.05, 3.63) is 59.7 Å². The Morgan fingerprint density at radius 2 is 1.95 bits per heavy atom. The van der Waals surface area contributed by atoms with Gasteiger partial charge in [-0.3, -0.25) is 4.79 Å². The van der Waals surface area contributed by atoms with Crippen molar-refractivity contribution in [1.29, 1.82) is 0 Å². The van der Waals surface area contributed by atoms with E-state index in [1.807, 2.05) is 12.1 Å². The zero-order chi connectivity index (χ0) is 13.7. The minimum Gasteiger partial charge on any atom is -0.381 e. The molecule has 3 nitrogen and oxygen atoms in total. The highest BCUT2D eigenvalue weighted by Gasteiger charge is 2.01. The molecule has 0 saturated carbocycles. The van der Waals surface area contributed by atoms with Crippen molar-refractivity contribution in [2.45, 2.75) is 11.4 Å². The zero-order valence-electron chi connectivity index (χ0n) is 10.7. The molecule has 3 N–H and O–H groups in total. The minimum atomic E-state index is -0.409. The van der Waals surface area contributed by atoms with Gasteiger partial charge < -0.3 is 11.1 Å². The average molecular weight is 272 g/mol. The molecular weight excluding hydrogens is 256 g/mol. The summed E-state index contributed by atoms with van der Waals surface area (Å²) in [6, 6.07) is 15.6. The molecule has 2 aromatic carbocycles. The number of amides is 1. The second-order valence-corrected chi connectivity index (χ2v) is 5.03. The molecule has 2 aromatic rings. The van der Waals surface area contributed by atoms with Gasteiger partial charge in [-0.1, -0.05) is 18.2 Å². The summed E-state index contributed by atoms with van der Waals surface area (Å²) in [7, 11) is 0. The maximum absolute atomic E-state index is 11.1. The fourth-order valence-electron chi connectivity index (χ4n) is 1.73. The van der Waals surface area contributed by atoms with E-state index in [2.05, 4.69) is 35.8 Å². The summed E-state index contributed by atoms with van der Waals surface area (Å²) in [5.41, 5.74) is 7.86. The highest BCUT2D eigenvalue weighted by Crippen LogP contribution is 2.16. The van der Waals surface area contributed by atoms with Gasteiger partial charge in [-0.2, -0.15) is 0 Å². The average Bonchev–Trinajstić information content (AvgIpc) is 2.46. The number of carbonyl (C=O) groups excluding carboxylic acids is 1. The number of rotatable bonds is 5. The van der Waals surface area contributed by atoms with E-state index in [4.69, 9.17) is 5.73 Å². The number of nitrogens with one attached hydrogen (secondary N) is 1. The lowest BCUT2D eigenvalue weighted by molar-refractivity contribution is 0.100. The molecule has 0 radical (unpaired) electrons. The van der Waals surface area contributed by atoms with Gasteiger partial charge in [-0.05, 0) is 42.2 Å². The maximum atomic E-state index is 11.1. The van der Waals surface area contributed by atoms with Gasteiger partial charge in [0, 0.05) is 22.7 Å². The lowest BCUT2D eigenvalue weighted by atomic mass is 10.2. The van der Waals surface area contributed by atoms with Crippen LogP contribution in [0.15, 0.2) is 53.4 Å². The molecule has 0 unspecified atom stereocenters. The van der Waals surface area contributed by atoms with Crippen molar-refractivity contribution < 1.29 is 4.79 Å². The number of anilines is 1. The van der Waals surface area contributed by atoms with E-state index < -0.39 is 5.91 Å². The molecule has 0 saturated heterocycles. The normalized spacial score (nSPS) is 10.2. The van der Waals surface area contributed by atoms with Crippen LogP contribution in [-0.2, 0) is 6.54 Å². The Labute approximate surface area is 117 Å². The molecular formula is C15H16N2OS. The zero-order valence-corrected chi connectivity index (χ0v) is 11.5. The molecule has 4 heteroatoms. The summed E-state index contributed by atoms with van der Waals surface area (Å²) in [6.07, 6.45) is 2.06. The lowest BCUT2D eigenvalue weighted by Crippen LogP contribution is -2.11. The standard InChI is InChI=1S/C15H16N2OS/c1-19-14-7-5-11(6-8-14)10-17-13-4-2-3-12(9-13)15(16)18/h2-9,17H,10H2,1H3,(H2,16,18). The molecule has 2 rings (SSSR count). The Balaban J connectivity index is 2.01. The van der Waals surface area contributed by atoms with E-state index in [1.165, 1.54) is 10.5 Å². The van der Waals surface area contributed by atoms with Crippen LogP contribution in [0.25, 0.3) is 0 Å². The number of nitrogens with two attached hydrogens (primary N) is 1. The van der Waals surface area contributed by atoms with Crippen molar-refractivity contribution in [2.24, 2.45) is 5.73 Å². The molecule has 0 aliphatic rings. The van der Waals surface area contributed by atoms with Crippen molar-refractivity contribution in [3.8, 4) is 0 Å². The summed E-state index contributed by atoms with van der Waals surface area (Å²) >= 11 is 1.73. The van der Waals surface area contributed by atoms with Gasteiger partial charge in [0.15, 0.2) is 0 Å². The van der Waals surface area contributed by atoms with Crippen molar-refractivity contribution in [3.63, 3.8) is 0 Å². The van der Waals surface area contributed by atoms with Gasteiger partial charge in [-0.15, -0.1) is 11.8 Å². The van der Waals surface area contributed by atoms with Crippen LogP contribution in [0.5, 0.6) is 0 Å². The number of benzene rings is 2. The fraction of sp³-hybridized carbons (Fsp3) is 0.133. The van der Waals surface area contributed by atoms with E-state index in [9.17, 15) is 4.79 Å². The Kier molecular flexibility index (Phi) is 4.47. The molecule has 0 fully saturated rings. The third kappa shape index (κ3) is 3.76. The van der Waals surface area contributed by atoms with E-state index in [1.54, 1.807) is 23.9 Å². The SMILES string of the molecule is CSc1ccc(CNc2cccc(C(N)=O)c2)cc1. The van der Waals surface area contributed by atoms with E-state index in [0.29, 0.717) is 5.56 Å². The predicted octanol–water partition coefficient (Wildman–Crippen LogP) is 3.12. The Hall–Kier alpha value is -1.94. The van der Waals surface area contributed by atoms with Gasteiger partial charge in [0.1, 0.15) is 0 Å². The van der Waals surface area contributed by atoms with Crippen molar-refractivity contribution in [2.75, 3.05) is 11.6 Å². The molecule has 0 aliphatic carbocycles. The number of primary amides is 1. The first kappa shape index (κ1) is 13.5. The first-order chi connectivity index (χ1) is 9.19. The molecule has 1 amide bonds. The van der Waals surface area contributed by atoms with E-state index in [-0.39, 0.29) is 0 Å². The van der Waals surface area contributed by atoms with Crippen LogP contribution in [-0.4, -0.2) is 12.2 Å². The summed E-state index contributed by atoms with van der Waals surface area (Å²) < 4.78 is 0. The third-order valence-electron chi connectivity index (χ3n) is 2.80. The second kappa shape index (κ2) is 6.29. The Morgan fingerprint density at radius 1 is 1.21 bits per heavy atom. The van der Waals surface area contributed by atoms with Crippen LogP contribution in [0, 0.1) is 0 Å². The fourth-order valence-corrected chi connectivity index (χ4v) is 2.14. The molecule has 0 aromatic heterocycles. The number of thioether (sulfide) groups is 1. The number of hydrogen-bond donors (Lipinski definition) is 2. The molecule has 98 valence electrons. The smallest absolute Gasteiger partial charge is 0.248 e. The van der Waals surface area contributed by atoms with Gasteiger partial charge in [0.25, 0.3) is 0 Å². The Morgan fingerprint density at radius 3 is 2.58 bits per heavy atom. The topological polar surface area (TPSA) is 55.1 Å². The van der Waals surface area contributed by atoms with Crippen LogP contribution < -0.4 is 11.1 Å². The monoisotopic (exact) mass is 272 g/mol. The van der Waals surface area contributed by atoms with Crippen LogP contribution in [0.1, 0.15) is 15.9 Å². The van der Waals surface area contributed by atoms with E-state index >= 15 is 0 Å². The van der Waals surface area contributed by atoms with Crippen LogP contribution in [0.2, 0.25) is 0 Å². The molecule has 0 bridgehead atoms. The molecule has 19 heavy (non-hydrogen) atoms. The quantitative estimate of drug-likeness (QED) is 0.822. The lowest BCUT2D eigenvalue weighted by Gasteiger charge is -2.08. The van der Waals surface area contributed by atoms with Gasteiger partial charge >= 0.3 is 0 Å². The first-order valence-electron chi connectivity index (χ1n) is 5.96. The third-order valence-corrected chi connectivity index (χ3v) is 3.55. The highest BCUT2D eigenvalue weighted by atomic mass is 32.2. The van der Waals surface area contributed by atoms with Gasteiger partial charge in [-0.25, -0.2) is 0 Å². The van der Waals surface area contributed by atoms with Gasteiger partial charge in [0.2, 0.25) is 5.91 Å². The molecule has 0 aliphatic heterocycles. The summed E-state index contributed by atoms with van der Waals surface area (Å²) in [5, 5.41) is 3.28. The number of hydrogen-bond acceptors (Lipinski definition) is 3. The van der Waals surface area contributed by atoms with Gasteiger partial charge in [0.05, 0.1) is 0 Å². The van der Waals surface area contributed by atoms with Crippen LogP contribution in [0.3, 0.4) is 0 Å². The van der Waals surface area contributed by atoms with Crippen molar-refractivity contribution in [1.82, 2.24) is 0 Å². The largest absolute Gasteiger partial charge is 0.381 e. The summed E-state index contributed by atoms with van der Waals surface area (Å²) in [4.78, 5) is 12.3. The van der Waals surface area contributed by atoms with Crippen LogP contribution in [0.4, 0.5) is 5.69 Å². The second-order valence-electron chi connectivity index (χ2n) is 4.15. The number of carbonyl (C=O) groups is 1. The van der Waals surface area contributed by atoms with Crippen LogP contribution >= 0.6 is 11.8 Å². The Bertz CT molecular complexity index is 567. The maximum Gasteiger partial charge on any atom is 0.248 e. The first-order valence-corrected chi connectivity index (χ1v) is 7.18. The highest BCUT2D eigenvalue weighted by molar-refractivity contribution is 7.98. The minimum absolute atomic E-state index is 0.409. The molecule has 0 atom stereocenters.